The summed E-state index contributed by atoms with van der Waals surface area (Å²) in [7, 11) is 0. The first-order valence-electron chi connectivity index (χ1n) is 7.91. The van der Waals surface area contributed by atoms with Crippen LogP contribution >= 0.6 is 11.8 Å². The summed E-state index contributed by atoms with van der Waals surface area (Å²) < 4.78 is 0. The lowest BCUT2D eigenvalue weighted by Crippen LogP contribution is -2.47. The zero-order chi connectivity index (χ0) is 17.6. The number of likely N-dealkylation sites (N-methyl/N-ethyl adjacent to an activating group) is 1. The van der Waals surface area contributed by atoms with Crippen molar-refractivity contribution in [2.45, 2.75) is 52.0 Å². The second-order valence-corrected chi connectivity index (χ2v) is 7.78. The molecule has 5 heteroatoms. The number of carbonyl (C=O) groups excluding carboxylic acids is 2. The van der Waals surface area contributed by atoms with Gasteiger partial charge >= 0.3 is 0 Å². The van der Waals surface area contributed by atoms with Gasteiger partial charge in [-0.1, -0.05) is 17.7 Å². The number of benzene rings is 1. The van der Waals surface area contributed by atoms with E-state index in [0.29, 0.717) is 12.3 Å². The van der Waals surface area contributed by atoms with Crippen molar-refractivity contribution in [2.24, 2.45) is 0 Å². The van der Waals surface area contributed by atoms with Gasteiger partial charge in [0.1, 0.15) is 0 Å². The summed E-state index contributed by atoms with van der Waals surface area (Å²) in [5, 5.41) is 2.89. The molecule has 0 bridgehead atoms. The Morgan fingerprint density at radius 2 is 1.87 bits per heavy atom. The number of thioether (sulfide) groups is 1. The van der Waals surface area contributed by atoms with Crippen molar-refractivity contribution < 1.29 is 9.59 Å². The third kappa shape index (κ3) is 7.08. The second-order valence-electron chi connectivity index (χ2n) is 6.76. The summed E-state index contributed by atoms with van der Waals surface area (Å²) in [5.74, 6) is 0.216. The summed E-state index contributed by atoms with van der Waals surface area (Å²) in [4.78, 5) is 27.1. The lowest BCUT2D eigenvalue weighted by Gasteiger charge is -2.25. The molecule has 0 aliphatic rings. The van der Waals surface area contributed by atoms with E-state index < -0.39 is 0 Å². The fraction of sp³-hybridized carbons (Fsp3) is 0.556. The zero-order valence-electron chi connectivity index (χ0n) is 15.0. The van der Waals surface area contributed by atoms with Crippen molar-refractivity contribution in [1.29, 1.82) is 0 Å². The van der Waals surface area contributed by atoms with E-state index in [9.17, 15) is 9.59 Å². The van der Waals surface area contributed by atoms with Crippen LogP contribution in [0.3, 0.4) is 0 Å². The third-order valence-corrected chi connectivity index (χ3v) is 4.42. The van der Waals surface area contributed by atoms with Crippen LogP contribution in [0.1, 0.15) is 38.8 Å². The van der Waals surface area contributed by atoms with Crippen LogP contribution in [0, 0.1) is 13.8 Å². The molecule has 0 saturated heterocycles. The van der Waals surface area contributed by atoms with Gasteiger partial charge < -0.3 is 10.2 Å². The molecule has 128 valence electrons. The maximum Gasteiger partial charge on any atom is 0.240 e. The molecule has 0 heterocycles. The minimum atomic E-state index is -0.285. The van der Waals surface area contributed by atoms with Crippen LogP contribution in [-0.4, -0.2) is 41.1 Å². The first kappa shape index (κ1) is 19.6. The smallest absolute Gasteiger partial charge is 0.240 e. The Labute approximate surface area is 144 Å². The highest BCUT2D eigenvalue weighted by molar-refractivity contribution is 8.00. The number of carbonyl (C=O) groups is 2. The van der Waals surface area contributed by atoms with E-state index in [0.717, 1.165) is 4.90 Å². The number of aryl methyl sites for hydroxylation is 2. The molecule has 1 rings (SSSR count). The highest BCUT2D eigenvalue weighted by Gasteiger charge is 2.19. The van der Waals surface area contributed by atoms with Crippen LogP contribution in [-0.2, 0) is 9.59 Å². The predicted molar refractivity (Wildman–Crippen MR) is 96.8 cm³/mol. The van der Waals surface area contributed by atoms with Crippen LogP contribution in [0.25, 0.3) is 0 Å². The van der Waals surface area contributed by atoms with Gasteiger partial charge in [-0.25, -0.2) is 0 Å². The van der Waals surface area contributed by atoms with Crippen molar-refractivity contribution in [3.05, 3.63) is 29.3 Å². The molecule has 1 aromatic carbocycles. The van der Waals surface area contributed by atoms with E-state index in [1.807, 2.05) is 41.5 Å². The molecule has 0 saturated carbocycles. The number of hydrogen-bond donors (Lipinski definition) is 1. The van der Waals surface area contributed by atoms with Crippen LogP contribution in [0.5, 0.6) is 0 Å². The molecule has 4 nitrogen and oxygen atoms in total. The Balaban J connectivity index is 2.60. The lowest BCUT2D eigenvalue weighted by atomic mass is 10.1. The Morgan fingerprint density at radius 1 is 1.22 bits per heavy atom. The van der Waals surface area contributed by atoms with Gasteiger partial charge in [-0.3, -0.25) is 9.59 Å². The van der Waals surface area contributed by atoms with Gasteiger partial charge in [0.05, 0.1) is 12.3 Å². The molecule has 0 aliphatic heterocycles. The van der Waals surface area contributed by atoms with E-state index in [-0.39, 0.29) is 23.9 Å². The molecule has 0 spiro atoms. The Morgan fingerprint density at radius 3 is 2.43 bits per heavy atom. The molecular formula is C18H28N2O2S. The number of rotatable bonds is 6. The van der Waals surface area contributed by atoms with Gasteiger partial charge in [-0.2, -0.15) is 0 Å². The summed E-state index contributed by atoms with van der Waals surface area (Å²) in [6, 6.07) is 6.22. The third-order valence-electron chi connectivity index (χ3n) is 3.28. The molecular weight excluding hydrogens is 308 g/mol. The van der Waals surface area contributed by atoms with Crippen LogP contribution < -0.4 is 5.32 Å². The quantitative estimate of drug-likeness (QED) is 0.812. The minimum Gasteiger partial charge on any atom is -0.350 e. The Bertz CT molecular complexity index is 565. The van der Waals surface area contributed by atoms with Crippen molar-refractivity contribution in [2.75, 3.05) is 18.8 Å². The fourth-order valence-electron chi connectivity index (χ4n) is 2.10. The monoisotopic (exact) mass is 336 g/mol. The number of amides is 2. The molecule has 0 atom stereocenters. The average Bonchev–Trinajstić information content (AvgIpc) is 2.43. The van der Waals surface area contributed by atoms with Crippen molar-refractivity contribution >= 4 is 23.6 Å². The summed E-state index contributed by atoms with van der Waals surface area (Å²) in [5.41, 5.74) is 2.07. The van der Waals surface area contributed by atoms with Gasteiger partial charge in [-0.15, -0.1) is 11.8 Å². The van der Waals surface area contributed by atoms with Crippen LogP contribution in [0.15, 0.2) is 23.1 Å². The van der Waals surface area contributed by atoms with E-state index in [1.54, 1.807) is 4.90 Å². The normalized spacial score (nSPS) is 11.2. The van der Waals surface area contributed by atoms with E-state index in [4.69, 9.17) is 0 Å². The SMILES string of the molecule is CCN(CC(=O)NC(C)(C)C)C(=O)CSc1cc(C)ccc1C. The number of nitrogens with zero attached hydrogens (tertiary/aromatic N) is 1. The fourth-order valence-corrected chi connectivity index (χ4v) is 3.13. The maximum absolute atomic E-state index is 12.4. The highest BCUT2D eigenvalue weighted by atomic mass is 32.2. The Hall–Kier alpha value is -1.49. The Kier molecular flexibility index (Phi) is 7.13. The summed E-state index contributed by atoms with van der Waals surface area (Å²) in [6.07, 6.45) is 0. The predicted octanol–water partition coefficient (Wildman–Crippen LogP) is 3.16. The summed E-state index contributed by atoms with van der Waals surface area (Å²) in [6.45, 7) is 12.4. The minimum absolute atomic E-state index is 0.0116. The molecule has 0 radical (unpaired) electrons. The van der Waals surface area contributed by atoms with Gasteiger partial charge in [0, 0.05) is 17.0 Å². The van der Waals surface area contributed by atoms with Gasteiger partial charge in [0.25, 0.3) is 0 Å². The average molecular weight is 337 g/mol. The number of hydrogen-bond acceptors (Lipinski definition) is 3. The highest BCUT2D eigenvalue weighted by Crippen LogP contribution is 2.23. The van der Waals surface area contributed by atoms with E-state index in [2.05, 4.69) is 23.5 Å². The van der Waals surface area contributed by atoms with Gasteiger partial charge in [-0.05, 0) is 53.2 Å². The van der Waals surface area contributed by atoms with E-state index in [1.165, 1.54) is 22.9 Å². The van der Waals surface area contributed by atoms with Crippen LogP contribution in [0.4, 0.5) is 0 Å². The zero-order valence-corrected chi connectivity index (χ0v) is 15.8. The first-order chi connectivity index (χ1) is 10.6. The van der Waals surface area contributed by atoms with E-state index >= 15 is 0 Å². The standard InChI is InChI=1S/C18H28N2O2S/c1-7-20(11-16(21)19-18(4,5)6)17(22)12-23-15-10-13(2)8-9-14(15)3/h8-10H,7,11-12H2,1-6H3,(H,19,21). The van der Waals surface area contributed by atoms with Crippen molar-refractivity contribution in [3.8, 4) is 0 Å². The van der Waals surface area contributed by atoms with Crippen molar-refractivity contribution in [1.82, 2.24) is 10.2 Å². The molecule has 1 N–H and O–H groups in total. The molecule has 0 fully saturated rings. The topological polar surface area (TPSA) is 49.4 Å². The molecule has 23 heavy (non-hydrogen) atoms. The molecule has 1 aromatic rings. The molecule has 0 aromatic heterocycles. The first-order valence-corrected chi connectivity index (χ1v) is 8.89. The molecule has 0 unspecified atom stereocenters. The second kappa shape index (κ2) is 8.39. The number of nitrogens with one attached hydrogen (secondary N) is 1. The molecule has 0 aliphatic carbocycles. The summed E-state index contributed by atoms with van der Waals surface area (Å²) >= 11 is 1.53. The molecule has 2 amide bonds. The largest absolute Gasteiger partial charge is 0.350 e. The lowest BCUT2D eigenvalue weighted by molar-refractivity contribution is -0.134. The maximum atomic E-state index is 12.4. The van der Waals surface area contributed by atoms with Crippen molar-refractivity contribution in [3.63, 3.8) is 0 Å². The van der Waals surface area contributed by atoms with Gasteiger partial charge in [0.2, 0.25) is 11.8 Å². The van der Waals surface area contributed by atoms with Crippen LogP contribution in [0.2, 0.25) is 0 Å². The van der Waals surface area contributed by atoms with Gasteiger partial charge in [0.15, 0.2) is 0 Å².